The van der Waals surface area contributed by atoms with Gasteiger partial charge in [0.1, 0.15) is 0 Å². The standard InChI is InChI=1S/C15H31N3O/c1-11(2)8-9-16-15(19)13(4)17-10-12(3)18(5)14-6-7-14/h11-14,17H,6-10H2,1-5H3,(H,16,19). The van der Waals surface area contributed by atoms with Crippen LogP contribution in [0.3, 0.4) is 0 Å². The van der Waals surface area contributed by atoms with E-state index in [0.717, 1.165) is 25.6 Å². The first-order chi connectivity index (χ1) is 8.91. The Morgan fingerprint density at radius 3 is 2.42 bits per heavy atom. The monoisotopic (exact) mass is 269 g/mol. The molecule has 1 saturated carbocycles. The molecule has 0 aromatic rings. The number of hydrogen-bond acceptors (Lipinski definition) is 3. The van der Waals surface area contributed by atoms with Gasteiger partial charge < -0.3 is 10.6 Å². The number of carbonyl (C=O) groups is 1. The highest BCUT2D eigenvalue weighted by Crippen LogP contribution is 2.26. The summed E-state index contributed by atoms with van der Waals surface area (Å²) >= 11 is 0. The molecular weight excluding hydrogens is 238 g/mol. The van der Waals surface area contributed by atoms with Gasteiger partial charge in [-0.05, 0) is 46.1 Å². The average Bonchev–Trinajstić information content (AvgIpc) is 3.18. The molecule has 0 saturated heterocycles. The number of hydrogen-bond donors (Lipinski definition) is 2. The molecule has 1 aliphatic rings. The third-order valence-electron chi connectivity index (χ3n) is 3.95. The van der Waals surface area contributed by atoms with Crippen molar-refractivity contribution in [3.05, 3.63) is 0 Å². The van der Waals surface area contributed by atoms with Gasteiger partial charge >= 0.3 is 0 Å². The molecule has 1 rings (SSSR count). The largest absolute Gasteiger partial charge is 0.355 e. The predicted octanol–water partition coefficient (Wildman–Crippen LogP) is 1.61. The van der Waals surface area contributed by atoms with Gasteiger partial charge in [-0.2, -0.15) is 0 Å². The van der Waals surface area contributed by atoms with Crippen molar-refractivity contribution < 1.29 is 4.79 Å². The lowest BCUT2D eigenvalue weighted by Crippen LogP contribution is -2.47. The summed E-state index contributed by atoms with van der Waals surface area (Å²) in [6.07, 6.45) is 3.69. The zero-order chi connectivity index (χ0) is 14.4. The maximum absolute atomic E-state index is 11.9. The van der Waals surface area contributed by atoms with Crippen molar-refractivity contribution in [1.82, 2.24) is 15.5 Å². The quantitative estimate of drug-likeness (QED) is 0.668. The molecule has 0 heterocycles. The molecule has 1 amide bonds. The zero-order valence-corrected chi connectivity index (χ0v) is 13.2. The number of amides is 1. The van der Waals surface area contributed by atoms with Gasteiger partial charge in [-0.25, -0.2) is 0 Å². The molecule has 4 heteroatoms. The number of likely N-dealkylation sites (N-methyl/N-ethyl adjacent to an activating group) is 1. The molecular formula is C15H31N3O. The second-order valence-corrected chi connectivity index (χ2v) is 6.35. The summed E-state index contributed by atoms with van der Waals surface area (Å²) in [5.41, 5.74) is 0. The van der Waals surface area contributed by atoms with Crippen LogP contribution in [0.4, 0.5) is 0 Å². The Labute approximate surface area is 118 Å². The molecule has 112 valence electrons. The third-order valence-corrected chi connectivity index (χ3v) is 3.95. The summed E-state index contributed by atoms with van der Waals surface area (Å²) in [4.78, 5) is 14.3. The first kappa shape index (κ1) is 16.4. The minimum atomic E-state index is -0.109. The highest BCUT2D eigenvalue weighted by Gasteiger charge is 2.29. The van der Waals surface area contributed by atoms with E-state index in [-0.39, 0.29) is 11.9 Å². The van der Waals surface area contributed by atoms with Gasteiger partial charge in [0, 0.05) is 25.2 Å². The highest BCUT2D eigenvalue weighted by molar-refractivity contribution is 5.81. The first-order valence-corrected chi connectivity index (χ1v) is 7.64. The molecule has 1 fully saturated rings. The maximum Gasteiger partial charge on any atom is 0.236 e. The van der Waals surface area contributed by atoms with Crippen LogP contribution in [0.5, 0.6) is 0 Å². The number of rotatable bonds is 9. The van der Waals surface area contributed by atoms with E-state index >= 15 is 0 Å². The molecule has 4 nitrogen and oxygen atoms in total. The van der Waals surface area contributed by atoms with Gasteiger partial charge in [0.25, 0.3) is 0 Å². The zero-order valence-electron chi connectivity index (χ0n) is 13.2. The van der Waals surface area contributed by atoms with Crippen molar-refractivity contribution in [2.24, 2.45) is 5.92 Å². The van der Waals surface area contributed by atoms with Gasteiger partial charge in [0.15, 0.2) is 0 Å². The molecule has 2 N–H and O–H groups in total. The fourth-order valence-electron chi connectivity index (χ4n) is 2.06. The summed E-state index contributed by atoms with van der Waals surface area (Å²) in [7, 11) is 2.18. The molecule has 0 aromatic heterocycles. The predicted molar refractivity (Wildman–Crippen MR) is 80.2 cm³/mol. The fraction of sp³-hybridized carbons (Fsp3) is 0.933. The Morgan fingerprint density at radius 1 is 1.26 bits per heavy atom. The lowest BCUT2D eigenvalue weighted by atomic mass is 10.1. The van der Waals surface area contributed by atoms with E-state index in [1.54, 1.807) is 0 Å². The van der Waals surface area contributed by atoms with Crippen LogP contribution in [-0.2, 0) is 4.79 Å². The fourth-order valence-corrected chi connectivity index (χ4v) is 2.06. The van der Waals surface area contributed by atoms with Crippen LogP contribution in [0.1, 0.15) is 47.0 Å². The molecule has 0 radical (unpaired) electrons. The molecule has 0 spiro atoms. The number of carbonyl (C=O) groups excluding carboxylic acids is 1. The first-order valence-electron chi connectivity index (χ1n) is 7.64. The number of nitrogens with zero attached hydrogens (tertiary/aromatic N) is 1. The van der Waals surface area contributed by atoms with E-state index in [1.165, 1.54) is 12.8 Å². The SMILES string of the molecule is CC(C)CCNC(=O)C(C)NCC(C)N(C)C1CC1. The van der Waals surface area contributed by atoms with E-state index in [0.29, 0.717) is 12.0 Å². The van der Waals surface area contributed by atoms with E-state index in [1.807, 2.05) is 6.92 Å². The molecule has 19 heavy (non-hydrogen) atoms. The minimum absolute atomic E-state index is 0.109. The summed E-state index contributed by atoms with van der Waals surface area (Å²) in [6.45, 7) is 10.1. The molecule has 0 aliphatic heterocycles. The van der Waals surface area contributed by atoms with Gasteiger partial charge in [-0.3, -0.25) is 9.69 Å². The lowest BCUT2D eigenvalue weighted by Gasteiger charge is -2.26. The molecule has 2 atom stereocenters. The Hall–Kier alpha value is -0.610. The van der Waals surface area contributed by atoms with Crippen LogP contribution < -0.4 is 10.6 Å². The van der Waals surface area contributed by atoms with Crippen molar-refractivity contribution in [3.63, 3.8) is 0 Å². The second kappa shape index (κ2) is 7.85. The highest BCUT2D eigenvalue weighted by atomic mass is 16.2. The maximum atomic E-state index is 11.9. The van der Waals surface area contributed by atoms with Crippen LogP contribution in [-0.4, -0.2) is 49.1 Å². The van der Waals surface area contributed by atoms with Crippen molar-refractivity contribution in [3.8, 4) is 0 Å². The van der Waals surface area contributed by atoms with Crippen LogP contribution in [0.15, 0.2) is 0 Å². The summed E-state index contributed by atoms with van der Waals surface area (Å²) in [5.74, 6) is 0.748. The van der Waals surface area contributed by atoms with Crippen molar-refractivity contribution in [2.45, 2.75) is 65.1 Å². The minimum Gasteiger partial charge on any atom is -0.355 e. The van der Waals surface area contributed by atoms with Gasteiger partial charge in [0.2, 0.25) is 5.91 Å². The van der Waals surface area contributed by atoms with E-state index in [2.05, 4.69) is 43.4 Å². The Kier molecular flexibility index (Phi) is 6.80. The van der Waals surface area contributed by atoms with Crippen molar-refractivity contribution in [1.29, 1.82) is 0 Å². The summed E-state index contributed by atoms with van der Waals surface area (Å²) in [6, 6.07) is 1.15. The van der Waals surface area contributed by atoms with Crippen LogP contribution in [0.25, 0.3) is 0 Å². The summed E-state index contributed by atoms with van der Waals surface area (Å²) in [5, 5.41) is 6.32. The van der Waals surface area contributed by atoms with Gasteiger partial charge in [-0.15, -0.1) is 0 Å². The van der Waals surface area contributed by atoms with Gasteiger partial charge in [0.05, 0.1) is 6.04 Å². The van der Waals surface area contributed by atoms with Crippen molar-refractivity contribution in [2.75, 3.05) is 20.1 Å². The van der Waals surface area contributed by atoms with Crippen LogP contribution in [0, 0.1) is 5.92 Å². The number of nitrogens with one attached hydrogen (secondary N) is 2. The summed E-state index contributed by atoms with van der Waals surface area (Å²) < 4.78 is 0. The van der Waals surface area contributed by atoms with Gasteiger partial charge in [-0.1, -0.05) is 13.8 Å². The van der Waals surface area contributed by atoms with Crippen LogP contribution in [0.2, 0.25) is 0 Å². The Morgan fingerprint density at radius 2 is 1.89 bits per heavy atom. The molecule has 0 bridgehead atoms. The normalized spacial score (nSPS) is 18.7. The smallest absolute Gasteiger partial charge is 0.236 e. The Bertz CT molecular complexity index is 277. The van der Waals surface area contributed by atoms with E-state index in [4.69, 9.17) is 0 Å². The van der Waals surface area contributed by atoms with E-state index < -0.39 is 0 Å². The average molecular weight is 269 g/mol. The molecule has 1 aliphatic carbocycles. The molecule has 2 unspecified atom stereocenters. The molecule has 0 aromatic carbocycles. The lowest BCUT2D eigenvalue weighted by molar-refractivity contribution is -0.122. The third kappa shape index (κ3) is 6.39. The van der Waals surface area contributed by atoms with Crippen LogP contribution >= 0.6 is 0 Å². The second-order valence-electron chi connectivity index (χ2n) is 6.35. The topological polar surface area (TPSA) is 44.4 Å². The Balaban J connectivity index is 2.14. The van der Waals surface area contributed by atoms with E-state index in [9.17, 15) is 4.79 Å². The van der Waals surface area contributed by atoms with Crippen molar-refractivity contribution >= 4 is 5.91 Å².